The quantitative estimate of drug-likeness (QED) is 0.285. The van der Waals surface area contributed by atoms with Gasteiger partial charge in [-0.25, -0.2) is 14.2 Å². The van der Waals surface area contributed by atoms with Crippen LogP contribution in [0, 0.1) is 5.82 Å². The van der Waals surface area contributed by atoms with Gasteiger partial charge in [0.05, 0.1) is 24.7 Å². The Bertz CT molecular complexity index is 1560. The number of rotatable bonds is 9. The van der Waals surface area contributed by atoms with Crippen molar-refractivity contribution in [2.24, 2.45) is 0 Å². The lowest BCUT2D eigenvalue weighted by atomic mass is 9.99. The summed E-state index contributed by atoms with van der Waals surface area (Å²) in [6.45, 7) is 3.81. The highest BCUT2D eigenvalue weighted by atomic mass is 35.5. The molecule has 0 spiro atoms. The van der Waals surface area contributed by atoms with Gasteiger partial charge in [-0.1, -0.05) is 35.9 Å². The molecule has 202 valence electrons. The van der Waals surface area contributed by atoms with E-state index in [1.807, 2.05) is 18.2 Å². The number of hydrogen-bond acceptors (Lipinski definition) is 5. The molecule has 0 aliphatic carbocycles. The van der Waals surface area contributed by atoms with Gasteiger partial charge in [0.1, 0.15) is 29.7 Å². The lowest BCUT2D eigenvalue weighted by Crippen LogP contribution is -2.33. The predicted octanol–water partition coefficient (Wildman–Crippen LogP) is 5.51. The first-order valence-electron chi connectivity index (χ1n) is 12.9. The van der Waals surface area contributed by atoms with Crippen molar-refractivity contribution in [3.63, 3.8) is 0 Å². The monoisotopic (exact) mass is 550 g/mol. The van der Waals surface area contributed by atoms with E-state index in [4.69, 9.17) is 26.1 Å². The second-order valence-electron chi connectivity index (χ2n) is 9.91. The summed E-state index contributed by atoms with van der Waals surface area (Å²) in [5.74, 6) is 0.196. The van der Waals surface area contributed by atoms with Gasteiger partial charge in [0.2, 0.25) is 0 Å². The average Bonchev–Trinajstić information content (AvgIpc) is 3.45. The Morgan fingerprint density at radius 3 is 2.85 bits per heavy atom. The van der Waals surface area contributed by atoms with Crippen LogP contribution in [0.5, 0.6) is 5.75 Å². The van der Waals surface area contributed by atoms with Crippen molar-refractivity contribution in [3.8, 4) is 5.75 Å². The fourth-order valence-electron chi connectivity index (χ4n) is 5.03. The van der Waals surface area contributed by atoms with E-state index in [-0.39, 0.29) is 24.2 Å². The van der Waals surface area contributed by atoms with Crippen molar-refractivity contribution in [3.05, 3.63) is 88.1 Å². The summed E-state index contributed by atoms with van der Waals surface area (Å²) >= 11 is 5.84. The molecular weight excluding hydrogens is 523 g/mol. The van der Waals surface area contributed by atoms with Gasteiger partial charge in [0.25, 0.3) is 0 Å². The number of halogens is 2. The molecule has 0 bridgehead atoms. The zero-order chi connectivity index (χ0) is 26.9. The molecule has 2 aromatic carbocycles. The van der Waals surface area contributed by atoms with Gasteiger partial charge in [0.15, 0.2) is 5.65 Å². The number of nitrogens with zero attached hydrogens (tertiary/aromatic N) is 3. The minimum absolute atomic E-state index is 0.125. The zero-order valence-corrected chi connectivity index (χ0v) is 22.0. The number of aromatic carboxylic acids is 1. The van der Waals surface area contributed by atoms with E-state index in [1.54, 1.807) is 18.2 Å². The number of carboxylic acid groups (broad SMARTS) is 1. The van der Waals surface area contributed by atoms with E-state index in [2.05, 4.69) is 26.6 Å². The van der Waals surface area contributed by atoms with E-state index in [0.29, 0.717) is 35.1 Å². The van der Waals surface area contributed by atoms with Crippen molar-refractivity contribution >= 4 is 34.3 Å². The number of imidazole rings is 1. The van der Waals surface area contributed by atoms with Crippen LogP contribution in [0.25, 0.3) is 16.7 Å². The van der Waals surface area contributed by atoms with Crippen molar-refractivity contribution < 1.29 is 23.8 Å². The van der Waals surface area contributed by atoms with Gasteiger partial charge in [-0.05, 0) is 54.3 Å². The number of fused-ring (bicyclic) bond motifs is 1. The third-order valence-electron chi connectivity index (χ3n) is 7.30. The van der Waals surface area contributed by atoms with E-state index >= 15 is 0 Å². The van der Waals surface area contributed by atoms with E-state index in [0.717, 1.165) is 49.4 Å². The molecule has 1 saturated heterocycles. The number of carboxylic acids is 1. The summed E-state index contributed by atoms with van der Waals surface area (Å²) in [7, 11) is 0. The molecule has 6 rings (SSSR count). The minimum atomic E-state index is -0.999. The third-order valence-corrected chi connectivity index (χ3v) is 7.54. The van der Waals surface area contributed by atoms with Crippen LogP contribution in [0.15, 0.2) is 54.6 Å². The predicted molar refractivity (Wildman–Crippen MR) is 145 cm³/mol. The zero-order valence-electron chi connectivity index (χ0n) is 21.2. The summed E-state index contributed by atoms with van der Waals surface area (Å²) in [6, 6.07) is 14.1. The van der Waals surface area contributed by atoms with E-state index in [9.17, 15) is 14.3 Å². The van der Waals surface area contributed by atoms with Crippen LogP contribution in [0.1, 0.15) is 40.3 Å². The van der Waals surface area contributed by atoms with Crippen LogP contribution in [0.3, 0.4) is 0 Å². The maximum atomic E-state index is 14.1. The lowest BCUT2D eigenvalue weighted by molar-refractivity contribution is -0.0591. The Labute approximate surface area is 229 Å². The molecule has 4 aromatic rings. The number of ether oxygens (including phenoxy) is 2. The van der Waals surface area contributed by atoms with Crippen molar-refractivity contribution in [2.75, 3.05) is 19.7 Å². The molecule has 0 radical (unpaired) electrons. The van der Waals surface area contributed by atoms with Gasteiger partial charge in [0, 0.05) is 30.3 Å². The second-order valence-corrected chi connectivity index (χ2v) is 10.3. The molecule has 4 heterocycles. The molecule has 0 amide bonds. The molecule has 39 heavy (non-hydrogen) atoms. The van der Waals surface area contributed by atoms with Crippen LogP contribution >= 0.6 is 11.6 Å². The fourth-order valence-corrected chi connectivity index (χ4v) is 5.19. The van der Waals surface area contributed by atoms with Crippen molar-refractivity contribution in [1.29, 1.82) is 0 Å². The maximum absolute atomic E-state index is 14.1. The summed E-state index contributed by atoms with van der Waals surface area (Å²) in [5.41, 5.74) is 4.29. The van der Waals surface area contributed by atoms with Gasteiger partial charge in [-0.3, -0.25) is 4.90 Å². The van der Waals surface area contributed by atoms with Crippen LogP contribution in [-0.4, -0.2) is 56.3 Å². The molecular formula is C29H28ClFN4O4. The summed E-state index contributed by atoms with van der Waals surface area (Å²) in [5, 5.41) is 9.73. The Morgan fingerprint density at radius 1 is 1.26 bits per heavy atom. The largest absolute Gasteiger partial charge is 0.489 e. The number of hydrogen-bond donors (Lipinski definition) is 2. The highest BCUT2D eigenvalue weighted by Gasteiger charge is 2.25. The Hall–Kier alpha value is -3.66. The topological polar surface area (TPSA) is 92.6 Å². The molecule has 10 heteroatoms. The number of aromatic nitrogens is 3. The van der Waals surface area contributed by atoms with Gasteiger partial charge >= 0.3 is 5.97 Å². The van der Waals surface area contributed by atoms with E-state index in [1.165, 1.54) is 11.6 Å². The second kappa shape index (κ2) is 10.8. The summed E-state index contributed by atoms with van der Waals surface area (Å²) in [4.78, 5) is 21.4. The molecule has 0 unspecified atom stereocenters. The standard InChI is InChI=1S/C29H28ClFN4O4/c30-21-5-4-20(24(31)13-21)17-39-22-3-1-2-19(12-22)18-6-9-34(10-7-18)16-27-33-28-26(14-25(32-28)29(36)37)35(27)15-23-8-11-38-23/h1-6,12-14,23,32H,7-11,15-17H2,(H,36,37)/t23-/m0/s1. The molecule has 2 aliphatic heterocycles. The molecule has 2 aliphatic rings. The maximum Gasteiger partial charge on any atom is 0.352 e. The molecule has 8 nitrogen and oxygen atoms in total. The normalized spacial score (nSPS) is 17.7. The first-order valence-corrected chi connectivity index (χ1v) is 13.3. The fraction of sp³-hybridized carbons (Fsp3) is 0.310. The van der Waals surface area contributed by atoms with E-state index < -0.39 is 5.97 Å². The van der Waals surface area contributed by atoms with Crippen LogP contribution in [0.2, 0.25) is 5.02 Å². The summed E-state index contributed by atoms with van der Waals surface area (Å²) < 4.78 is 27.7. The molecule has 1 fully saturated rings. The smallest absolute Gasteiger partial charge is 0.352 e. The first kappa shape index (κ1) is 25.6. The lowest BCUT2D eigenvalue weighted by Gasteiger charge is -2.29. The van der Waals surface area contributed by atoms with Gasteiger partial charge in [-0.15, -0.1) is 0 Å². The minimum Gasteiger partial charge on any atom is -0.489 e. The third kappa shape index (κ3) is 5.56. The van der Waals surface area contributed by atoms with Crippen molar-refractivity contribution in [2.45, 2.75) is 38.6 Å². The highest BCUT2D eigenvalue weighted by Crippen LogP contribution is 2.28. The van der Waals surface area contributed by atoms with Gasteiger partial charge < -0.3 is 24.1 Å². The van der Waals surface area contributed by atoms with Crippen LogP contribution < -0.4 is 4.74 Å². The van der Waals surface area contributed by atoms with Crippen molar-refractivity contribution in [1.82, 2.24) is 19.4 Å². The van der Waals surface area contributed by atoms with Crippen LogP contribution in [-0.2, 0) is 24.4 Å². The average molecular weight is 551 g/mol. The first-order chi connectivity index (χ1) is 18.9. The Morgan fingerprint density at radius 2 is 2.13 bits per heavy atom. The number of benzene rings is 2. The number of carbonyl (C=O) groups is 1. The molecule has 0 saturated carbocycles. The highest BCUT2D eigenvalue weighted by molar-refractivity contribution is 6.30. The van der Waals surface area contributed by atoms with Gasteiger partial charge in [-0.2, -0.15) is 0 Å². The molecule has 2 aromatic heterocycles. The Balaban J connectivity index is 1.13. The SMILES string of the molecule is O=C(O)c1cc2c(nc(CN3CC=C(c4cccc(OCc5ccc(Cl)cc5F)c4)CC3)n2C[C@@H]2CCO2)[nH]1. The number of nitrogens with one attached hydrogen (secondary N) is 1. The number of H-pyrrole nitrogens is 1. The molecule has 1 atom stereocenters. The summed E-state index contributed by atoms with van der Waals surface area (Å²) in [6.07, 6.45) is 4.20. The van der Waals surface area contributed by atoms with Crippen LogP contribution in [0.4, 0.5) is 4.39 Å². The molecule has 2 N–H and O–H groups in total. The number of aromatic amines is 1. The Kier molecular flexibility index (Phi) is 7.12.